The molecular formula is C14H22N4O2. The van der Waals surface area contributed by atoms with E-state index in [0.29, 0.717) is 18.9 Å². The molecule has 1 saturated heterocycles. The zero-order valence-electron chi connectivity index (χ0n) is 11.8. The molecule has 1 fully saturated rings. The number of imidazole rings is 1. The van der Waals surface area contributed by atoms with Crippen LogP contribution in [0.3, 0.4) is 0 Å². The summed E-state index contributed by atoms with van der Waals surface area (Å²) in [5.74, 6) is 0.606. The molecule has 0 bridgehead atoms. The van der Waals surface area contributed by atoms with E-state index in [1.807, 2.05) is 0 Å². The third kappa shape index (κ3) is 2.86. The maximum atomic E-state index is 12.3. The van der Waals surface area contributed by atoms with Gasteiger partial charge < -0.3 is 15.0 Å². The second kappa shape index (κ2) is 5.93. The highest BCUT2D eigenvalue weighted by Crippen LogP contribution is 2.19. The number of fused-ring (bicyclic) bond motifs is 1. The minimum absolute atomic E-state index is 0.0811. The van der Waals surface area contributed by atoms with Gasteiger partial charge in [-0.2, -0.15) is 0 Å². The lowest BCUT2D eigenvalue weighted by Crippen LogP contribution is -2.51. The van der Waals surface area contributed by atoms with Gasteiger partial charge in [-0.1, -0.05) is 0 Å². The zero-order chi connectivity index (χ0) is 13.9. The Labute approximate surface area is 118 Å². The van der Waals surface area contributed by atoms with E-state index in [2.05, 4.69) is 27.5 Å². The number of carbonyl (C=O) groups excluding carboxylic acids is 1. The SMILES string of the molecule is CC(NC(=O)C1Cc2nc[nH]c2CN1)C1CCOCC1. The monoisotopic (exact) mass is 278 g/mol. The van der Waals surface area contributed by atoms with Gasteiger partial charge in [-0.25, -0.2) is 4.98 Å². The summed E-state index contributed by atoms with van der Waals surface area (Å²) in [6, 6.07) is 0.0295. The first-order chi connectivity index (χ1) is 9.74. The average molecular weight is 278 g/mol. The Morgan fingerprint density at radius 2 is 2.30 bits per heavy atom. The van der Waals surface area contributed by atoms with Crippen LogP contribution in [0.5, 0.6) is 0 Å². The van der Waals surface area contributed by atoms with Crippen molar-refractivity contribution in [3.63, 3.8) is 0 Å². The van der Waals surface area contributed by atoms with Gasteiger partial charge >= 0.3 is 0 Å². The van der Waals surface area contributed by atoms with Crippen molar-refractivity contribution in [1.29, 1.82) is 0 Å². The normalized spacial score (nSPS) is 24.9. The van der Waals surface area contributed by atoms with E-state index in [1.165, 1.54) is 0 Å². The van der Waals surface area contributed by atoms with Crippen LogP contribution in [0, 0.1) is 5.92 Å². The molecule has 6 heteroatoms. The van der Waals surface area contributed by atoms with Crippen LogP contribution in [0.15, 0.2) is 6.33 Å². The molecule has 0 saturated carbocycles. The number of aromatic amines is 1. The second-order valence-corrected chi connectivity index (χ2v) is 5.71. The van der Waals surface area contributed by atoms with Gasteiger partial charge in [0.2, 0.25) is 5.91 Å². The quantitative estimate of drug-likeness (QED) is 0.746. The Balaban J connectivity index is 1.54. The number of H-pyrrole nitrogens is 1. The van der Waals surface area contributed by atoms with Crippen molar-refractivity contribution < 1.29 is 9.53 Å². The Hall–Kier alpha value is -1.40. The molecule has 0 aliphatic carbocycles. The smallest absolute Gasteiger partial charge is 0.237 e. The van der Waals surface area contributed by atoms with Gasteiger partial charge in [0.15, 0.2) is 0 Å². The van der Waals surface area contributed by atoms with Gasteiger partial charge in [-0.15, -0.1) is 0 Å². The fraction of sp³-hybridized carbons (Fsp3) is 0.714. The molecule has 0 radical (unpaired) electrons. The fourth-order valence-electron chi connectivity index (χ4n) is 3.01. The summed E-state index contributed by atoms with van der Waals surface area (Å²) < 4.78 is 5.36. The zero-order valence-corrected chi connectivity index (χ0v) is 11.8. The fourth-order valence-corrected chi connectivity index (χ4v) is 3.01. The molecule has 110 valence electrons. The van der Waals surface area contributed by atoms with E-state index in [9.17, 15) is 4.79 Å². The Bertz CT molecular complexity index is 467. The lowest BCUT2D eigenvalue weighted by atomic mass is 9.92. The number of carbonyl (C=O) groups is 1. The number of rotatable bonds is 3. The highest BCUT2D eigenvalue weighted by atomic mass is 16.5. The lowest BCUT2D eigenvalue weighted by Gasteiger charge is -2.30. The Kier molecular flexibility index (Phi) is 4.03. The summed E-state index contributed by atoms with van der Waals surface area (Å²) in [6.45, 7) is 4.39. The average Bonchev–Trinajstić information content (AvgIpc) is 2.95. The molecule has 0 aromatic carbocycles. The molecule has 1 aromatic rings. The van der Waals surface area contributed by atoms with Crippen LogP contribution < -0.4 is 10.6 Å². The third-order valence-corrected chi connectivity index (χ3v) is 4.39. The van der Waals surface area contributed by atoms with Gasteiger partial charge in [0, 0.05) is 32.2 Å². The largest absolute Gasteiger partial charge is 0.381 e. The number of nitrogens with one attached hydrogen (secondary N) is 3. The van der Waals surface area contributed by atoms with Crippen molar-refractivity contribution in [1.82, 2.24) is 20.6 Å². The Morgan fingerprint density at radius 3 is 3.10 bits per heavy atom. The van der Waals surface area contributed by atoms with Crippen molar-refractivity contribution in [2.45, 2.75) is 44.8 Å². The van der Waals surface area contributed by atoms with Gasteiger partial charge in [0.25, 0.3) is 0 Å². The topological polar surface area (TPSA) is 79.0 Å². The molecule has 3 rings (SSSR count). The summed E-state index contributed by atoms with van der Waals surface area (Å²) in [4.78, 5) is 19.7. The van der Waals surface area contributed by atoms with Crippen molar-refractivity contribution in [3.05, 3.63) is 17.7 Å². The number of amides is 1. The first kappa shape index (κ1) is 13.6. The maximum Gasteiger partial charge on any atom is 0.237 e. The molecule has 6 nitrogen and oxygen atoms in total. The van der Waals surface area contributed by atoms with E-state index >= 15 is 0 Å². The Morgan fingerprint density at radius 1 is 1.50 bits per heavy atom. The van der Waals surface area contributed by atoms with Crippen LogP contribution >= 0.6 is 0 Å². The molecule has 3 heterocycles. The highest BCUT2D eigenvalue weighted by molar-refractivity contribution is 5.82. The van der Waals surface area contributed by atoms with Gasteiger partial charge in [0.1, 0.15) is 0 Å². The van der Waals surface area contributed by atoms with E-state index in [-0.39, 0.29) is 18.0 Å². The number of ether oxygens (including phenoxy) is 1. The third-order valence-electron chi connectivity index (χ3n) is 4.39. The minimum atomic E-state index is -0.173. The van der Waals surface area contributed by atoms with Crippen LogP contribution in [-0.2, 0) is 22.5 Å². The second-order valence-electron chi connectivity index (χ2n) is 5.71. The minimum Gasteiger partial charge on any atom is -0.381 e. The molecule has 2 unspecified atom stereocenters. The molecule has 2 atom stereocenters. The standard InChI is InChI=1S/C14H22N4O2/c1-9(10-2-4-20-5-3-10)18-14(19)12-6-11-13(7-15-12)17-8-16-11/h8-10,12,15H,2-7H2,1H3,(H,16,17)(H,18,19). The van der Waals surface area contributed by atoms with Gasteiger partial charge in [-0.3, -0.25) is 10.1 Å². The van der Waals surface area contributed by atoms with Crippen LogP contribution in [0.1, 0.15) is 31.2 Å². The molecule has 20 heavy (non-hydrogen) atoms. The number of aromatic nitrogens is 2. The predicted octanol–water partition coefficient (Wildman–Crippen LogP) is 0.355. The van der Waals surface area contributed by atoms with Crippen LogP contribution in [0.25, 0.3) is 0 Å². The molecule has 2 aliphatic rings. The number of hydrogen-bond acceptors (Lipinski definition) is 4. The summed E-state index contributed by atoms with van der Waals surface area (Å²) in [6.07, 6.45) is 4.41. The van der Waals surface area contributed by atoms with Gasteiger partial charge in [-0.05, 0) is 25.7 Å². The van der Waals surface area contributed by atoms with E-state index in [0.717, 1.165) is 37.4 Å². The van der Waals surface area contributed by atoms with Crippen LogP contribution in [-0.4, -0.2) is 41.2 Å². The van der Waals surface area contributed by atoms with E-state index in [1.54, 1.807) is 6.33 Å². The highest BCUT2D eigenvalue weighted by Gasteiger charge is 2.28. The molecular weight excluding hydrogens is 256 g/mol. The predicted molar refractivity (Wildman–Crippen MR) is 74.1 cm³/mol. The van der Waals surface area contributed by atoms with Crippen LogP contribution in [0.4, 0.5) is 0 Å². The molecule has 0 spiro atoms. The maximum absolute atomic E-state index is 12.3. The van der Waals surface area contributed by atoms with Crippen molar-refractivity contribution >= 4 is 5.91 Å². The van der Waals surface area contributed by atoms with Gasteiger partial charge in [0.05, 0.1) is 23.8 Å². The molecule has 1 amide bonds. The summed E-state index contributed by atoms with van der Waals surface area (Å²) in [5.41, 5.74) is 2.09. The summed E-state index contributed by atoms with van der Waals surface area (Å²) in [5, 5.41) is 6.41. The number of hydrogen-bond donors (Lipinski definition) is 3. The van der Waals surface area contributed by atoms with Crippen LogP contribution in [0.2, 0.25) is 0 Å². The summed E-state index contributed by atoms with van der Waals surface area (Å²) >= 11 is 0. The molecule has 3 N–H and O–H groups in total. The van der Waals surface area contributed by atoms with Crippen molar-refractivity contribution in [2.24, 2.45) is 5.92 Å². The van der Waals surface area contributed by atoms with E-state index < -0.39 is 0 Å². The van der Waals surface area contributed by atoms with Crippen molar-refractivity contribution in [3.8, 4) is 0 Å². The summed E-state index contributed by atoms with van der Waals surface area (Å²) in [7, 11) is 0. The molecule has 1 aromatic heterocycles. The van der Waals surface area contributed by atoms with Crippen molar-refractivity contribution in [2.75, 3.05) is 13.2 Å². The first-order valence-corrected chi connectivity index (χ1v) is 7.36. The number of nitrogens with zero attached hydrogens (tertiary/aromatic N) is 1. The van der Waals surface area contributed by atoms with E-state index in [4.69, 9.17) is 4.74 Å². The first-order valence-electron chi connectivity index (χ1n) is 7.36. The lowest BCUT2D eigenvalue weighted by molar-refractivity contribution is -0.124. The molecule has 2 aliphatic heterocycles.